The van der Waals surface area contributed by atoms with Crippen molar-refractivity contribution in [3.8, 4) is 0 Å². The highest BCUT2D eigenvalue weighted by molar-refractivity contribution is 6.02. The van der Waals surface area contributed by atoms with Crippen LogP contribution in [0.5, 0.6) is 0 Å². The van der Waals surface area contributed by atoms with Gasteiger partial charge in [0.15, 0.2) is 5.67 Å². The smallest absolute Gasteiger partial charge is 0.338 e. The van der Waals surface area contributed by atoms with Gasteiger partial charge in [-0.3, -0.25) is 4.79 Å². The van der Waals surface area contributed by atoms with Crippen LogP contribution in [0.2, 0.25) is 0 Å². The van der Waals surface area contributed by atoms with Crippen LogP contribution in [0.1, 0.15) is 30.6 Å². The maximum absolute atomic E-state index is 15.2. The van der Waals surface area contributed by atoms with E-state index in [-0.39, 0.29) is 24.7 Å². The first-order valence-corrected chi connectivity index (χ1v) is 8.02. The zero-order chi connectivity index (χ0) is 17.6. The van der Waals surface area contributed by atoms with Gasteiger partial charge in [-0.2, -0.15) is 0 Å². The van der Waals surface area contributed by atoms with Crippen LogP contribution in [-0.4, -0.2) is 53.2 Å². The molecule has 3 rings (SSSR count). The Kier molecular flexibility index (Phi) is 4.07. The zero-order valence-corrected chi connectivity index (χ0v) is 13.6. The second-order valence-electron chi connectivity index (χ2n) is 6.78. The number of fused-ring (bicyclic) bond motifs is 1. The van der Waals surface area contributed by atoms with E-state index in [0.717, 1.165) is 12.1 Å². The molecule has 0 saturated carbocycles. The van der Waals surface area contributed by atoms with E-state index >= 15 is 4.39 Å². The summed E-state index contributed by atoms with van der Waals surface area (Å²) in [5.74, 6) is -3.43. The van der Waals surface area contributed by atoms with Gasteiger partial charge in [0, 0.05) is 43.7 Å². The monoisotopic (exact) mass is 338 g/mol. The fourth-order valence-electron chi connectivity index (χ4n) is 3.58. The molecule has 130 valence electrons. The van der Waals surface area contributed by atoms with Crippen molar-refractivity contribution >= 4 is 17.6 Å². The van der Waals surface area contributed by atoms with Crippen LogP contribution in [0.25, 0.3) is 0 Å². The predicted octanol–water partition coefficient (Wildman–Crippen LogP) is 2.31. The number of carboxylic acids is 1. The molecule has 2 heterocycles. The number of likely N-dealkylation sites (tertiary alicyclic amines) is 1. The van der Waals surface area contributed by atoms with E-state index < -0.39 is 34.8 Å². The summed E-state index contributed by atoms with van der Waals surface area (Å²) < 4.78 is 29.1. The Morgan fingerprint density at radius 2 is 2.08 bits per heavy atom. The summed E-state index contributed by atoms with van der Waals surface area (Å²) in [5.41, 5.74) is -2.19. The van der Waals surface area contributed by atoms with Gasteiger partial charge in [-0.25, -0.2) is 13.6 Å². The molecule has 0 bridgehead atoms. The van der Waals surface area contributed by atoms with E-state index in [1.54, 1.807) is 0 Å². The van der Waals surface area contributed by atoms with E-state index in [9.17, 15) is 14.0 Å². The van der Waals surface area contributed by atoms with Gasteiger partial charge in [-0.15, -0.1) is 0 Å². The Balaban J connectivity index is 1.88. The van der Waals surface area contributed by atoms with E-state index in [4.69, 9.17) is 5.11 Å². The highest BCUT2D eigenvalue weighted by Gasteiger charge is 2.57. The van der Waals surface area contributed by atoms with Crippen molar-refractivity contribution in [2.75, 3.05) is 24.5 Å². The third-order valence-electron chi connectivity index (χ3n) is 5.09. The van der Waals surface area contributed by atoms with Gasteiger partial charge in [-0.05, 0) is 32.0 Å². The van der Waals surface area contributed by atoms with Crippen molar-refractivity contribution in [2.45, 2.75) is 32.0 Å². The van der Waals surface area contributed by atoms with Crippen molar-refractivity contribution in [3.63, 3.8) is 0 Å². The van der Waals surface area contributed by atoms with E-state index in [1.807, 2.05) is 13.8 Å². The summed E-state index contributed by atoms with van der Waals surface area (Å²) in [5, 5.41) is 8.88. The highest BCUT2D eigenvalue weighted by atomic mass is 19.1. The van der Waals surface area contributed by atoms with Crippen LogP contribution >= 0.6 is 0 Å². The number of anilines is 1. The molecule has 1 aromatic carbocycles. The third-order valence-corrected chi connectivity index (χ3v) is 5.09. The molecular formula is C17H20F2N2O3. The number of carbonyl (C=O) groups is 2. The normalized spacial score (nSPS) is 27.6. The first-order valence-electron chi connectivity index (χ1n) is 8.02. The van der Waals surface area contributed by atoms with Crippen LogP contribution in [-0.2, 0) is 4.79 Å². The van der Waals surface area contributed by atoms with Gasteiger partial charge in [0.25, 0.3) is 5.91 Å². The van der Waals surface area contributed by atoms with Gasteiger partial charge in [0.2, 0.25) is 0 Å². The lowest BCUT2D eigenvalue weighted by molar-refractivity contribution is -0.132. The topological polar surface area (TPSA) is 60.9 Å². The Bertz CT molecular complexity index is 694. The number of aromatic carboxylic acids is 1. The van der Waals surface area contributed by atoms with Crippen LogP contribution in [0.3, 0.4) is 0 Å². The lowest BCUT2D eigenvalue weighted by Gasteiger charge is -2.39. The van der Waals surface area contributed by atoms with Gasteiger partial charge < -0.3 is 14.9 Å². The van der Waals surface area contributed by atoms with Crippen molar-refractivity contribution in [1.82, 2.24) is 4.90 Å². The number of rotatable bonds is 3. The molecule has 1 N–H and O–H groups in total. The van der Waals surface area contributed by atoms with Gasteiger partial charge >= 0.3 is 5.97 Å². The standard InChI is InChI=1S/C17H20F2N2O3/c1-10(2)20-6-5-17(19)11(8-20)9-21(16(17)24)12-3-4-13(15(22)23)14(18)7-12/h3-4,7,10-11H,5-6,8-9H2,1-2H3,(H,22,23)/t11-,17+/m0/s1. The fourth-order valence-corrected chi connectivity index (χ4v) is 3.58. The molecule has 7 heteroatoms. The average molecular weight is 338 g/mol. The fraction of sp³-hybridized carbons (Fsp3) is 0.529. The Labute approximate surface area is 138 Å². The second kappa shape index (κ2) is 5.81. The minimum atomic E-state index is -1.92. The number of halogens is 2. The number of benzene rings is 1. The number of hydrogen-bond donors (Lipinski definition) is 1. The number of hydrogen-bond acceptors (Lipinski definition) is 3. The molecule has 5 nitrogen and oxygen atoms in total. The molecule has 1 amide bonds. The molecular weight excluding hydrogens is 318 g/mol. The third kappa shape index (κ3) is 2.56. The van der Waals surface area contributed by atoms with Crippen LogP contribution in [0.4, 0.5) is 14.5 Å². The molecule has 0 aliphatic carbocycles. The number of amides is 1. The molecule has 0 unspecified atom stereocenters. The minimum Gasteiger partial charge on any atom is -0.478 e. The number of carboxylic acid groups (broad SMARTS) is 1. The van der Waals surface area contributed by atoms with Crippen LogP contribution < -0.4 is 4.90 Å². The molecule has 2 fully saturated rings. The second-order valence-corrected chi connectivity index (χ2v) is 6.78. The Morgan fingerprint density at radius 1 is 1.38 bits per heavy atom. The molecule has 0 spiro atoms. The molecule has 2 aliphatic rings. The van der Waals surface area contributed by atoms with Crippen molar-refractivity contribution in [2.24, 2.45) is 5.92 Å². The van der Waals surface area contributed by atoms with E-state index in [1.165, 1.54) is 11.0 Å². The summed E-state index contributed by atoms with van der Waals surface area (Å²) in [7, 11) is 0. The maximum atomic E-state index is 15.2. The first kappa shape index (κ1) is 16.8. The van der Waals surface area contributed by atoms with Crippen molar-refractivity contribution in [1.29, 1.82) is 0 Å². The lowest BCUT2D eigenvalue weighted by atomic mass is 9.84. The number of alkyl halides is 1. The molecule has 2 saturated heterocycles. The van der Waals surface area contributed by atoms with Gasteiger partial charge in [-0.1, -0.05) is 0 Å². The van der Waals surface area contributed by atoms with Crippen molar-refractivity contribution < 1.29 is 23.5 Å². The summed E-state index contributed by atoms with van der Waals surface area (Å²) in [6.07, 6.45) is 0.126. The SMILES string of the molecule is CC(C)N1CC[C@]2(F)C(=O)N(c3ccc(C(=O)O)c(F)c3)C[C@@H]2C1. The lowest BCUT2D eigenvalue weighted by Crippen LogP contribution is -2.52. The molecule has 0 aromatic heterocycles. The predicted molar refractivity (Wildman–Crippen MR) is 84.4 cm³/mol. The molecule has 24 heavy (non-hydrogen) atoms. The zero-order valence-electron chi connectivity index (χ0n) is 13.6. The molecule has 2 atom stereocenters. The highest BCUT2D eigenvalue weighted by Crippen LogP contribution is 2.42. The molecule has 0 radical (unpaired) electrons. The largest absolute Gasteiger partial charge is 0.478 e. The summed E-state index contributed by atoms with van der Waals surface area (Å²) in [4.78, 5) is 26.8. The summed E-state index contributed by atoms with van der Waals surface area (Å²) >= 11 is 0. The average Bonchev–Trinajstić information content (AvgIpc) is 2.78. The van der Waals surface area contributed by atoms with E-state index in [2.05, 4.69) is 4.90 Å². The van der Waals surface area contributed by atoms with Crippen LogP contribution in [0, 0.1) is 11.7 Å². The number of carbonyl (C=O) groups excluding carboxylic acids is 1. The summed E-state index contributed by atoms with van der Waals surface area (Å²) in [6.45, 7) is 5.21. The van der Waals surface area contributed by atoms with Gasteiger partial charge in [0.05, 0.1) is 5.56 Å². The summed E-state index contributed by atoms with van der Waals surface area (Å²) in [6, 6.07) is 3.72. The molecule has 1 aromatic rings. The number of nitrogens with zero attached hydrogens (tertiary/aromatic N) is 2. The van der Waals surface area contributed by atoms with E-state index in [0.29, 0.717) is 13.1 Å². The van der Waals surface area contributed by atoms with Gasteiger partial charge in [0.1, 0.15) is 5.82 Å². The van der Waals surface area contributed by atoms with Crippen molar-refractivity contribution in [3.05, 3.63) is 29.6 Å². The first-order chi connectivity index (χ1) is 11.2. The Hall–Kier alpha value is -2.02. The maximum Gasteiger partial charge on any atom is 0.338 e. The number of piperidine rings is 1. The Morgan fingerprint density at radius 3 is 2.67 bits per heavy atom. The minimum absolute atomic E-state index is 0.126. The molecule has 2 aliphatic heterocycles. The van der Waals surface area contributed by atoms with Crippen LogP contribution in [0.15, 0.2) is 18.2 Å². The quantitative estimate of drug-likeness (QED) is 0.919.